The fraction of sp³-hybridized carbons (Fsp3) is 0.259. The SMILES string of the molecule is CCOC(=O)c1cc(-c2ccccc2)sc1NC(=O)CC1CCCN1C(=O)c1cccc(C#N)c1. The zero-order chi connectivity index (χ0) is 24.8. The summed E-state index contributed by atoms with van der Waals surface area (Å²) in [5.41, 5.74) is 2.11. The number of ether oxygens (including phenoxy) is 1. The molecule has 1 saturated heterocycles. The van der Waals surface area contributed by atoms with E-state index in [0.717, 1.165) is 16.9 Å². The minimum atomic E-state index is -0.490. The molecular weight excluding hydrogens is 462 g/mol. The van der Waals surface area contributed by atoms with Gasteiger partial charge in [0.15, 0.2) is 0 Å². The van der Waals surface area contributed by atoms with Crippen LogP contribution in [0.4, 0.5) is 5.00 Å². The third kappa shape index (κ3) is 5.58. The van der Waals surface area contributed by atoms with Crippen molar-refractivity contribution >= 4 is 34.1 Å². The molecule has 0 saturated carbocycles. The molecule has 3 aromatic rings. The zero-order valence-corrected chi connectivity index (χ0v) is 20.1. The lowest BCUT2D eigenvalue weighted by Crippen LogP contribution is -2.37. The maximum absolute atomic E-state index is 13.1. The monoisotopic (exact) mass is 487 g/mol. The Hall–Kier alpha value is -3.96. The number of likely N-dealkylation sites (tertiary alicyclic amines) is 1. The number of nitrogens with one attached hydrogen (secondary N) is 1. The molecule has 8 heteroatoms. The van der Waals surface area contributed by atoms with E-state index in [1.807, 2.05) is 36.4 Å². The number of hydrogen-bond donors (Lipinski definition) is 1. The van der Waals surface area contributed by atoms with Gasteiger partial charge in [-0.3, -0.25) is 9.59 Å². The van der Waals surface area contributed by atoms with Gasteiger partial charge in [-0.05, 0) is 49.6 Å². The van der Waals surface area contributed by atoms with Crippen molar-refractivity contribution in [1.82, 2.24) is 4.90 Å². The summed E-state index contributed by atoms with van der Waals surface area (Å²) < 4.78 is 5.19. The van der Waals surface area contributed by atoms with Crippen molar-refractivity contribution in [2.45, 2.75) is 32.2 Å². The lowest BCUT2D eigenvalue weighted by molar-refractivity contribution is -0.117. The van der Waals surface area contributed by atoms with Gasteiger partial charge in [-0.25, -0.2) is 4.79 Å². The van der Waals surface area contributed by atoms with Crippen LogP contribution in [0.5, 0.6) is 0 Å². The molecule has 0 aliphatic carbocycles. The van der Waals surface area contributed by atoms with Crippen LogP contribution < -0.4 is 5.32 Å². The van der Waals surface area contributed by atoms with Crippen LogP contribution in [0.1, 0.15) is 52.5 Å². The lowest BCUT2D eigenvalue weighted by atomic mass is 10.1. The van der Waals surface area contributed by atoms with Crippen LogP contribution in [-0.2, 0) is 9.53 Å². The minimum Gasteiger partial charge on any atom is -0.462 e. The number of hydrogen-bond acceptors (Lipinski definition) is 6. The van der Waals surface area contributed by atoms with Gasteiger partial charge in [0.2, 0.25) is 5.91 Å². The number of carbonyl (C=O) groups is 3. The molecule has 1 atom stereocenters. The predicted octanol–water partition coefficient (Wildman–Crippen LogP) is 5.10. The molecule has 1 aliphatic rings. The second-order valence-electron chi connectivity index (χ2n) is 8.18. The van der Waals surface area contributed by atoms with Crippen molar-refractivity contribution in [3.8, 4) is 16.5 Å². The summed E-state index contributed by atoms with van der Waals surface area (Å²) in [5, 5.41) is 12.4. The molecule has 4 rings (SSSR count). The Morgan fingerprint density at radius 3 is 2.69 bits per heavy atom. The highest BCUT2D eigenvalue weighted by Gasteiger charge is 2.31. The second-order valence-corrected chi connectivity index (χ2v) is 9.23. The van der Waals surface area contributed by atoms with Gasteiger partial charge in [0.05, 0.1) is 23.8 Å². The van der Waals surface area contributed by atoms with Crippen LogP contribution >= 0.6 is 11.3 Å². The average molecular weight is 488 g/mol. The number of benzene rings is 2. The molecule has 2 aromatic carbocycles. The first-order valence-corrected chi connectivity index (χ1v) is 12.3. The number of amides is 2. The number of nitriles is 1. The van der Waals surface area contributed by atoms with E-state index in [2.05, 4.69) is 5.32 Å². The zero-order valence-electron chi connectivity index (χ0n) is 19.3. The summed E-state index contributed by atoms with van der Waals surface area (Å²) in [6.45, 7) is 2.52. The molecule has 0 radical (unpaired) electrons. The summed E-state index contributed by atoms with van der Waals surface area (Å²) in [7, 11) is 0. The van der Waals surface area contributed by atoms with Gasteiger partial charge in [-0.15, -0.1) is 11.3 Å². The van der Waals surface area contributed by atoms with Gasteiger partial charge in [-0.2, -0.15) is 5.26 Å². The van der Waals surface area contributed by atoms with Gasteiger partial charge in [0.1, 0.15) is 5.00 Å². The van der Waals surface area contributed by atoms with E-state index in [0.29, 0.717) is 34.7 Å². The van der Waals surface area contributed by atoms with Crippen LogP contribution in [0, 0.1) is 11.3 Å². The van der Waals surface area contributed by atoms with E-state index in [9.17, 15) is 14.4 Å². The van der Waals surface area contributed by atoms with Crippen molar-refractivity contribution < 1.29 is 19.1 Å². The molecule has 1 fully saturated rings. The molecule has 1 aromatic heterocycles. The quantitative estimate of drug-likeness (QED) is 0.468. The normalized spacial score (nSPS) is 14.9. The van der Waals surface area contributed by atoms with Gasteiger partial charge in [0.25, 0.3) is 5.91 Å². The van der Waals surface area contributed by atoms with Crippen molar-refractivity contribution in [3.05, 3.63) is 77.4 Å². The Balaban J connectivity index is 1.50. The van der Waals surface area contributed by atoms with Gasteiger partial charge >= 0.3 is 5.97 Å². The summed E-state index contributed by atoms with van der Waals surface area (Å²) in [6, 6.07) is 19.7. The third-order valence-corrected chi connectivity index (χ3v) is 6.94. The Morgan fingerprint density at radius 1 is 1.14 bits per heavy atom. The van der Waals surface area contributed by atoms with Gasteiger partial charge in [0, 0.05) is 29.4 Å². The van der Waals surface area contributed by atoms with Crippen molar-refractivity contribution in [3.63, 3.8) is 0 Å². The molecule has 0 bridgehead atoms. The maximum Gasteiger partial charge on any atom is 0.341 e. The molecule has 1 N–H and O–H groups in total. The number of esters is 1. The molecule has 0 spiro atoms. The number of thiophene rings is 1. The third-order valence-electron chi connectivity index (χ3n) is 5.84. The molecule has 35 heavy (non-hydrogen) atoms. The molecule has 7 nitrogen and oxygen atoms in total. The fourth-order valence-electron chi connectivity index (χ4n) is 4.18. The number of nitrogens with zero attached hydrogens (tertiary/aromatic N) is 2. The largest absolute Gasteiger partial charge is 0.462 e. The Labute approximate surface area is 207 Å². The summed E-state index contributed by atoms with van der Waals surface area (Å²) >= 11 is 1.32. The van der Waals surface area contributed by atoms with Crippen LogP contribution in [-0.4, -0.2) is 41.9 Å². The first-order valence-electron chi connectivity index (χ1n) is 11.5. The Kier molecular flexibility index (Phi) is 7.58. The number of carbonyl (C=O) groups excluding carboxylic acids is 3. The molecule has 2 amide bonds. The van der Waals surface area contributed by atoms with Gasteiger partial charge < -0.3 is 15.0 Å². The highest BCUT2D eigenvalue weighted by Crippen LogP contribution is 2.36. The molecular formula is C27H25N3O4S. The molecule has 1 unspecified atom stereocenters. The highest BCUT2D eigenvalue weighted by atomic mass is 32.1. The first-order chi connectivity index (χ1) is 17.0. The van der Waals surface area contributed by atoms with E-state index in [-0.39, 0.29) is 30.9 Å². The van der Waals surface area contributed by atoms with Crippen LogP contribution in [0.25, 0.3) is 10.4 Å². The molecule has 178 valence electrons. The highest BCUT2D eigenvalue weighted by molar-refractivity contribution is 7.20. The van der Waals surface area contributed by atoms with Crippen molar-refractivity contribution in [1.29, 1.82) is 5.26 Å². The number of anilines is 1. The van der Waals surface area contributed by atoms with E-state index in [1.54, 1.807) is 42.2 Å². The Morgan fingerprint density at radius 2 is 1.94 bits per heavy atom. The van der Waals surface area contributed by atoms with Crippen molar-refractivity contribution in [2.75, 3.05) is 18.5 Å². The molecule has 2 heterocycles. The average Bonchev–Trinajstić information content (AvgIpc) is 3.51. The van der Waals surface area contributed by atoms with E-state index in [1.165, 1.54) is 11.3 Å². The van der Waals surface area contributed by atoms with Crippen LogP contribution in [0.2, 0.25) is 0 Å². The van der Waals surface area contributed by atoms with Crippen molar-refractivity contribution in [2.24, 2.45) is 0 Å². The molecule has 1 aliphatic heterocycles. The first kappa shape index (κ1) is 24.2. The van der Waals surface area contributed by atoms with E-state index >= 15 is 0 Å². The van der Waals surface area contributed by atoms with E-state index in [4.69, 9.17) is 10.00 Å². The summed E-state index contributed by atoms with van der Waals surface area (Å²) in [5.74, 6) is -0.948. The van der Waals surface area contributed by atoms with Gasteiger partial charge in [-0.1, -0.05) is 36.4 Å². The summed E-state index contributed by atoms with van der Waals surface area (Å²) in [6.07, 6.45) is 1.62. The minimum absolute atomic E-state index is 0.116. The topological polar surface area (TPSA) is 99.5 Å². The van der Waals surface area contributed by atoms with E-state index < -0.39 is 5.97 Å². The smallest absolute Gasteiger partial charge is 0.341 e. The number of rotatable bonds is 7. The summed E-state index contributed by atoms with van der Waals surface area (Å²) in [4.78, 5) is 41.2. The lowest BCUT2D eigenvalue weighted by Gasteiger charge is -2.24. The maximum atomic E-state index is 13.1. The van der Waals surface area contributed by atoms with Crippen LogP contribution in [0.15, 0.2) is 60.7 Å². The standard InChI is InChI=1S/C27H25N3O4S/c1-2-34-27(33)22-16-23(19-9-4-3-5-10-19)35-25(22)29-24(31)15-21-12-7-13-30(21)26(32)20-11-6-8-18(14-20)17-28/h3-6,8-11,14,16,21H,2,7,12-13,15H2,1H3,(H,29,31). The van der Waals surface area contributed by atoms with Crippen LogP contribution in [0.3, 0.4) is 0 Å². The Bertz CT molecular complexity index is 1280. The fourth-order valence-corrected chi connectivity index (χ4v) is 5.25. The second kappa shape index (κ2) is 11.0. The predicted molar refractivity (Wildman–Crippen MR) is 134 cm³/mol.